The van der Waals surface area contributed by atoms with E-state index in [0.717, 1.165) is 26.8 Å². The van der Waals surface area contributed by atoms with E-state index >= 15 is 0 Å². The summed E-state index contributed by atoms with van der Waals surface area (Å²) >= 11 is 1.42. The number of benzene rings is 2. The summed E-state index contributed by atoms with van der Waals surface area (Å²) in [5.74, 6) is -0.808. The van der Waals surface area contributed by atoms with E-state index in [2.05, 4.69) is 10.3 Å². The third-order valence-electron chi connectivity index (χ3n) is 4.55. The number of aryl methyl sites for hydroxylation is 1. The van der Waals surface area contributed by atoms with E-state index in [0.29, 0.717) is 0 Å². The van der Waals surface area contributed by atoms with Crippen molar-refractivity contribution in [2.45, 2.75) is 13.5 Å². The molecule has 0 aliphatic rings. The van der Waals surface area contributed by atoms with E-state index in [1.807, 2.05) is 17.5 Å². The van der Waals surface area contributed by atoms with Crippen molar-refractivity contribution in [3.63, 3.8) is 0 Å². The Hall–Kier alpha value is -3.59. The molecule has 0 saturated carbocycles. The molecule has 9 heteroatoms. The molecule has 29 heavy (non-hydrogen) atoms. The minimum absolute atomic E-state index is 0.0232. The van der Waals surface area contributed by atoms with Crippen molar-refractivity contribution >= 4 is 27.9 Å². The van der Waals surface area contributed by atoms with Gasteiger partial charge >= 0.3 is 0 Å². The number of imidazole rings is 1. The lowest BCUT2D eigenvalue weighted by molar-refractivity contribution is -0.385. The van der Waals surface area contributed by atoms with Gasteiger partial charge in [-0.15, -0.1) is 0 Å². The fourth-order valence-corrected chi connectivity index (χ4v) is 4.04. The predicted molar refractivity (Wildman–Crippen MR) is 107 cm³/mol. The first-order valence-electron chi connectivity index (χ1n) is 8.69. The van der Waals surface area contributed by atoms with Crippen molar-refractivity contribution in [3.8, 4) is 11.3 Å². The fourth-order valence-electron chi connectivity index (χ4n) is 3.00. The number of nitrogens with zero attached hydrogens (tertiary/aromatic N) is 3. The Balaban J connectivity index is 1.54. The van der Waals surface area contributed by atoms with Crippen molar-refractivity contribution in [2.75, 3.05) is 0 Å². The van der Waals surface area contributed by atoms with Crippen molar-refractivity contribution in [3.05, 3.63) is 86.8 Å². The van der Waals surface area contributed by atoms with Crippen LogP contribution in [-0.4, -0.2) is 20.2 Å². The lowest BCUT2D eigenvalue weighted by atomic mass is 10.1. The van der Waals surface area contributed by atoms with Crippen LogP contribution in [0.25, 0.3) is 16.2 Å². The minimum Gasteiger partial charge on any atom is -0.347 e. The van der Waals surface area contributed by atoms with Crippen LogP contribution in [0.1, 0.15) is 20.9 Å². The molecule has 146 valence electrons. The van der Waals surface area contributed by atoms with Crippen molar-refractivity contribution in [1.82, 2.24) is 14.7 Å². The lowest BCUT2D eigenvalue weighted by Crippen LogP contribution is -2.23. The molecule has 2 heterocycles. The third kappa shape index (κ3) is 3.59. The maximum atomic E-state index is 13.1. The number of para-hydroxylation sites is 1. The molecule has 2 aromatic heterocycles. The van der Waals surface area contributed by atoms with Crippen LogP contribution in [0.3, 0.4) is 0 Å². The van der Waals surface area contributed by atoms with Gasteiger partial charge in [-0.1, -0.05) is 23.5 Å². The highest BCUT2D eigenvalue weighted by atomic mass is 32.1. The van der Waals surface area contributed by atoms with Crippen LogP contribution in [0.2, 0.25) is 0 Å². The standard InChI is InChI=1S/C20H15FN4O3S/c1-12-18(10-22-19(26)15-4-2-3-5-17(15)25(27)28)29-20-23-16(11-24(12)20)13-6-8-14(21)9-7-13/h2-9,11H,10H2,1H3,(H,22,26). The molecule has 0 unspecified atom stereocenters. The molecule has 0 bridgehead atoms. The summed E-state index contributed by atoms with van der Waals surface area (Å²) in [4.78, 5) is 29.2. The van der Waals surface area contributed by atoms with Crippen LogP contribution in [0.15, 0.2) is 54.7 Å². The van der Waals surface area contributed by atoms with Gasteiger partial charge in [-0.05, 0) is 37.3 Å². The number of nitro benzene ring substituents is 1. The first-order valence-corrected chi connectivity index (χ1v) is 9.50. The van der Waals surface area contributed by atoms with Crippen molar-refractivity contribution in [2.24, 2.45) is 0 Å². The summed E-state index contributed by atoms with van der Waals surface area (Å²) in [5.41, 5.74) is 2.25. The summed E-state index contributed by atoms with van der Waals surface area (Å²) in [6, 6.07) is 12.0. The molecule has 1 amide bonds. The molecule has 0 spiro atoms. The summed E-state index contributed by atoms with van der Waals surface area (Å²) in [5, 5.41) is 13.8. The molecule has 0 saturated heterocycles. The van der Waals surface area contributed by atoms with Gasteiger partial charge in [-0.3, -0.25) is 19.3 Å². The fraction of sp³-hybridized carbons (Fsp3) is 0.100. The predicted octanol–water partition coefficient (Wildman–Crippen LogP) is 4.35. The number of halogens is 1. The molecule has 0 atom stereocenters. The summed E-state index contributed by atoms with van der Waals surface area (Å²) in [6.45, 7) is 2.14. The number of carbonyl (C=O) groups excluding carboxylic acids is 1. The van der Waals surface area contributed by atoms with Gasteiger partial charge < -0.3 is 5.32 Å². The first-order chi connectivity index (χ1) is 13.9. The zero-order valence-corrected chi connectivity index (χ0v) is 16.1. The van der Waals surface area contributed by atoms with Gasteiger partial charge in [0.05, 0.1) is 17.2 Å². The highest BCUT2D eigenvalue weighted by Crippen LogP contribution is 2.27. The van der Waals surface area contributed by atoms with Gasteiger partial charge in [0, 0.05) is 28.4 Å². The number of rotatable bonds is 5. The van der Waals surface area contributed by atoms with Gasteiger partial charge in [-0.25, -0.2) is 9.37 Å². The van der Waals surface area contributed by atoms with Gasteiger partial charge in [0.1, 0.15) is 11.4 Å². The number of aromatic nitrogens is 2. The van der Waals surface area contributed by atoms with Crippen molar-refractivity contribution in [1.29, 1.82) is 0 Å². The first kappa shape index (κ1) is 18.8. The van der Waals surface area contributed by atoms with Gasteiger partial charge in [-0.2, -0.15) is 0 Å². The van der Waals surface area contributed by atoms with Crippen LogP contribution < -0.4 is 5.32 Å². The molecule has 7 nitrogen and oxygen atoms in total. The van der Waals surface area contributed by atoms with E-state index in [4.69, 9.17) is 0 Å². The number of amides is 1. The van der Waals surface area contributed by atoms with Crippen LogP contribution in [0.5, 0.6) is 0 Å². The lowest BCUT2D eigenvalue weighted by Gasteiger charge is -2.05. The maximum Gasteiger partial charge on any atom is 0.282 e. The molecular formula is C20H15FN4O3S. The number of hydrogen-bond acceptors (Lipinski definition) is 5. The topological polar surface area (TPSA) is 89.5 Å². The highest BCUT2D eigenvalue weighted by molar-refractivity contribution is 7.17. The highest BCUT2D eigenvalue weighted by Gasteiger charge is 2.20. The van der Waals surface area contributed by atoms with E-state index in [9.17, 15) is 19.3 Å². The van der Waals surface area contributed by atoms with Gasteiger partial charge in [0.2, 0.25) is 0 Å². The van der Waals surface area contributed by atoms with E-state index in [1.165, 1.54) is 41.7 Å². The zero-order chi connectivity index (χ0) is 20.5. The molecule has 0 radical (unpaired) electrons. The number of hydrogen-bond donors (Lipinski definition) is 1. The minimum atomic E-state index is -0.573. The van der Waals surface area contributed by atoms with Crippen LogP contribution in [0.4, 0.5) is 10.1 Å². The molecule has 4 aromatic rings. The summed E-state index contributed by atoms with van der Waals surface area (Å²) in [7, 11) is 0. The van der Waals surface area contributed by atoms with E-state index < -0.39 is 10.8 Å². The number of thiazole rings is 1. The average molecular weight is 410 g/mol. The van der Waals surface area contributed by atoms with Crippen molar-refractivity contribution < 1.29 is 14.1 Å². The summed E-state index contributed by atoms with van der Waals surface area (Å²) in [6.07, 6.45) is 1.86. The molecular weight excluding hydrogens is 395 g/mol. The van der Waals surface area contributed by atoms with Crippen LogP contribution >= 0.6 is 11.3 Å². The summed E-state index contributed by atoms with van der Waals surface area (Å²) < 4.78 is 15.0. The average Bonchev–Trinajstić information content (AvgIpc) is 3.26. The van der Waals surface area contributed by atoms with Crippen LogP contribution in [-0.2, 0) is 6.54 Å². The second-order valence-corrected chi connectivity index (χ2v) is 7.42. The Bertz CT molecular complexity index is 1230. The third-order valence-corrected chi connectivity index (χ3v) is 5.70. The molecule has 0 aliphatic carbocycles. The Morgan fingerprint density at radius 2 is 1.97 bits per heavy atom. The van der Waals surface area contributed by atoms with Gasteiger partial charge in [0.15, 0.2) is 4.96 Å². The second-order valence-electron chi connectivity index (χ2n) is 6.35. The Morgan fingerprint density at radius 3 is 2.66 bits per heavy atom. The Morgan fingerprint density at radius 1 is 1.24 bits per heavy atom. The molecule has 1 N–H and O–H groups in total. The largest absolute Gasteiger partial charge is 0.347 e. The molecule has 2 aromatic carbocycles. The van der Waals surface area contributed by atoms with Crippen LogP contribution in [0, 0.1) is 22.9 Å². The zero-order valence-electron chi connectivity index (χ0n) is 15.3. The monoisotopic (exact) mass is 410 g/mol. The maximum absolute atomic E-state index is 13.1. The quantitative estimate of drug-likeness (QED) is 0.391. The molecule has 0 fully saturated rings. The van der Waals surface area contributed by atoms with Gasteiger partial charge in [0.25, 0.3) is 11.6 Å². The number of nitro groups is 1. The van der Waals surface area contributed by atoms with E-state index in [-0.39, 0.29) is 23.6 Å². The number of carbonyl (C=O) groups is 1. The van der Waals surface area contributed by atoms with E-state index in [1.54, 1.807) is 18.2 Å². The molecule has 0 aliphatic heterocycles. The Kier molecular flexibility index (Phi) is 4.81. The number of fused-ring (bicyclic) bond motifs is 1. The SMILES string of the molecule is Cc1c(CNC(=O)c2ccccc2[N+](=O)[O-])sc2nc(-c3ccc(F)cc3)cn12. The normalized spacial score (nSPS) is 11.0. The smallest absolute Gasteiger partial charge is 0.282 e. The number of nitrogens with one attached hydrogen (secondary N) is 1. The second kappa shape index (κ2) is 7.44. The Labute approximate surface area is 168 Å². The molecule has 4 rings (SSSR count).